The molecule has 0 spiro atoms. The number of ether oxygens (including phenoxy) is 2. The molecule has 6 heteroatoms. The lowest BCUT2D eigenvalue weighted by Crippen LogP contribution is -2.53. The molecule has 1 aliphatic heterocycles. The fourth-order valence-electron chi connectivity index (χ4n) is 4.40. The van der Waals surface area contributed by atoms with E-state index in [0.29, 0.717) is 11.3 Å². The maximum Gasteiger partial charge on any atom is 0.354 e. The number of methoxy groups -OCH3 is 2. The Bertz CT molecular complexity index is 1160. The molecule has 0 aliphatic carbocycles. The van der Waals surface area contributed by atoms with E-state index in [-0.39, 0.29) is 5.70 Å². The molecule has 0 saturated heterocycles. The minimum atomic E-state index is -1.36. The maximum absolute atomic E-state index is 13.8. The van der Waals surface area contributed by atoms with Crippen LogP contribution >= 0.6 is 15.9 Å². The molecule has 0 saturated carbocycles. The summed E-state index contributed by atoms with van der Waals surface area (Å²) < 4.78 is 11.4. The Morgan fingerprint density at radius 2 is 1.53 bits per heavy atom. The molecular formula is C26H22BrNO4. The molecule has 1 aliphatic rings. The second kappa shape index (κ2) is 9.01. The van der Waals surface area contributed by atoms with Crippen LogP contribution in [0, 0.1) is 0 Å². The highest BCUT2D eigenvalue weighted by Gasteiger charge is 2.59. The Morgan fingerprint density at radius 1 is 0.875 bits per heavy atom. The Balaban J connectivity index is 2.10. The standard InChI is InChI=1S/C26H22BrNO4/c1-31-24(29)23-17-22(18-10-9-13-20(27)16-18)26(25(30)32-2,19-11-5-3-6-12-19)28(23)21-14-7-4-8-15-21/h3-17,22H,1-2H3/t22-,26+/m1/s1. The van der Waals surface area contributed by atoms with Gasteiger partial charge in [0.2, 0.25) is 0 Å². The van der Waals surface area contributed by atoms with Gasteiger partial charge in [-0.05, 0) is 41.5 Å². The first kappa shape index (κ1) is 21.8. The molecule has 0 fully saturated rings. The summed E-state index contributed by atoms with van der Waals surface area (Å²) in [7, 11) is 2.70. The van der Waals surface area contributed by atoms with E-state index < -0.39 is 23.4 Å². The van der Waals surface area contributed by atoms with Crippen LogP contribution in [-0.4, -0.2) is 26.2 Å². The number of halogens is 1. The van der Waals surface area contributed by atoms with Crippen molar-refractivity contribution in [1.82, 2.24) is 0 Å². The second-order valence-electron chi connectivity index (χ2n) is 7.37. The van der Waals surface area contributed by atoms with Crippen LogP contribution in [0.5, 0.6) is 0 Å². The second-order valence-corrected chi connectivity index (χ2v) is 8.29. The SMILES string of the molecule is COC(=O)C1=C[C@H](c2cccc(Br)c2)[C@](C(=O)OC)(c2ccccc2)N1c1ccccc1. The topological polar surface area (TPSA) is 55.8 Å². The van der Waals surface area contributed by atoms with Crippen LogP contribution in [0.1, 0.15) is 17.0 Å². The highest BCUT2D eigenvalue weighted by Crippen LogP contribution is 2.53. The largest absolute Gasteiger partial charge is 0.467 e. The third-order valence-corrected chi connectivity index (χ3v) is 6.19. The zero-order chi connectivity index (χ0) is 22.7. The van der Waals surface area contributed by atoms with Gasteiger partial charge in [0.25, 0.3) is 0 Å². The first-order valence-electron chi connectivity index (χ1n) is 10.1. The lowest BCUT2D eigenvalue weighted by atomic mass is 9.75. The molecule has 1 heterocycles. The summed E-state index contributed by atoms with van der Waals surface area (Å²) in [6.45, 7) is 0. The molecule has 0 aromatic heterocycles. The molecule has 162 valence electrons. The number of benzene rings is 3. The van der Waals surface area contributed by atoms with E-state index >= 15 is 0 Å². The van der Waals surface area contributed by atoms with Gasteiger partial charge >= 0.3 is 11.9 Å². The van der Waals surface area contributed by atoms with E-state index in [0.717, 1.165) is 10.0 Å². The fraction of sp³-hybridized carbons (Fsp3) is 0.154. The van der Waals surface area contributed by atoms with E-state index in [1.54, 1.807) is 11.0 Å². The Hall–Kier alpha value is -3.38. The average molecular weight is 492 g/mol. The number of rotatable bonds is 5. The van der Waals surface area contributed by atoms with Crippen molar-refractivity contribution in [3.8, 4) is 0 Å². The van der Waals surface area contributed by atoms with Gasteiger partial charge in [-0.2, -0.15) is 0 Å². The van der Waals surface area contributed by atoms with Crippen LogP contribution < -0.4 is 4.90 Å². The summed E-state index contributed by atoms with van der Waals surface area (Å²) in [6.07, 6.45) is 1.80. The molecule has 3 aromatic carbocycles. The number of anilines is 1. The Morgan fingerprint density at radius 3 is 2.12 bits per heavy atom. The van der Waals surface area contributed by atoms with Gasteiger partial charge in [-0.3, -0.25) is 0 Å². The number of hydrogen-bond acceptors (Lipinski definition) is 5. The van der Waals surface area contributed by atoms with E-state index in [1.807, 2.05) is 84.9 Å². The lowest BCUT2D eigenvalue weighted by molar-refractivity contribution is -0.147. The minimum absolute atomic E-state index is 0.276. The normalized spacial score (nSPS) is 19.9. The van der Waals surface area contributed by atoms with Crippen molar-refractivity contribution >= 4 is 33.6 Å². The van der Waals surface area contributed by atoms with E-state index in [9.17, 15) is 9.59 Å². The third kappa shape index (κ3) is 3.50. The number of para-hydroxylation sites is 1. The van der Waals surface area contributed by atoms with Gasteiger partial charge in [0.15, 0.2) is 5.54 Å². The highest BCUT2D eigenvalue weighted by atomic mass is 79.9. The van der Waals surface area contributed by atoms with Gasteiger partial charge in [-0.25, -0.2) is 9.59 Å². The van der Waals surface area contributed by atoms with Crippen molar-refractivity contribution in [3.05, 3.63) is 112 Å². The van der Waals surface area contributed by atoms with Gasteiger partial charge in [-0.1, -0.05) is 76.6 Å². The molecule has 0 bridgehead atoms. The van der Waals surface area contributed by atoms with Crippen molar-refractivity contribution in [3.63, 3.8) is 0 Å². The highest BCUT2D eigenvalue weighted by molar-refractivity contribution is 9.10. The van der Waals surface area contributed by atoms with Crippen LogP contribution in [-0.2, 0) is 24.6 Å². The molecule has 3 aromatic rings. The lowest BCUT2D eigenvalue weighted by Gasteiger charge is -2.42. The van der Waals surface area contributed by atoms with Crippen molar-refractivity contribution in [2.24, 2.45) is 0 Å². The fourth-order valence-corrected chi connectivity index (χ4v) is 4.81. The van der Waals surface area contributed by atoms with E-state index in [2.05, 4.69) is 15.9 Å². The number of carbonyl (C=O) groups is 2. The molecule has 0 N–H and O–H groups in total. The van der Waals surface area contributed by atoms with Crippen molar-refractivity contribution in [2.75, 3.05) is 19.1 Å². The van der Waals surface area contributed by atoms with Crippen LogP contribution in [0.15, 0.2) is 101 Å². The zero-order valence-electron chi connectivity index (χ0n) is 17.7. The number of nitrogens with zero attached hydrogens (tertiary/aromatic N) is 1. The number of esters is 2. The molecule has 0 unspecified atom stereocenters. The summed E-state index contributed by atoms with van der Waals surface area (Å²) in [5, 5.41) is 0. The Labute approximate surface area is 195 Å². The molecule has 0 radical (unpaired) electrons. The smallest absolute Gasteiger partial charge is 0.354 e. The van der Waals surface area contributed by atoms with Crippen LogP contribution in [0.25, 0.3) is 0 Å². The maximum atomic E-state index is 13.8. The van der Waals surface area contributed by atoms with Gasteiger partial charge < -0.3 is 14.4 Å². The molecule has 5 nitrogen and oxygen atoms in total. The van der Waals surface area contributed by atoms with Gasteiger partial charge in [0.05, 0.1) is 14.2 Å². The van der Waals surface area contributed by atoms with Gasteiger partial charge in [0, 0.05) is 16.1 Å². The first-order chi connectivity index (χ1) is 15.5. The predicted octanol–water partition coefficient (Wildman–Crippen LogP) is 5.18. The van der Waals surface area contributed by atoms with Crippen molar-refractivity contribution in [1.29, 1.82) is 0 Å². The molecular weight excluding hydrogens is 470 g/mol. The average Bonchev–Trinajstić information content (AvgIpc) is 3.21. The summed E-state index contributed by atoms with van der Waals surface area (Å²) in [5.41, 5.74) is 1.15. The summed E-state index contributed by atoms with van der Waals surface area (Å²) in [6, 6.07) is 26.4. The zero-order valence-corrected chi connectivity index (χ0v) is 19.3. The predicted molar refractivity (Wildman–Crippen MR) is 126 cm³/mol. The minimum Gasteiger partial charge on any atom is -0.467 e. The van der Waals surface area contributed by atoms with Gasteiger partial charge in [0.1, 0.15) is 5.70 Å². The van der Waals surface area contributed by atoms with Crippen LogP contribution in [0.2, 0.25) is 0 Å². The number of carbonyl (C=O) groups excluding carboxylic acids is 2. The van der Waals surface area contributed by atoms with E-state index in [1.165, 1.54) is 14.2 Å². The monoisotopic (exact) mass is 491 g/mol. The number of hydrogen-bond donors (Lipinski definition) is 0. The van der Waals surface area contributed by atoms with Crippen LogP contribution in [0.3, 0.4) is 0 Å². The summed E-state index contributed by atoms with van der Waals surface area (Å²) >= 11 is 3.53. The quantitative estimate of drug-likeness (QED) is 0.460. The Kier molecular flexibility index (Phi) is 6.15. The van der Waals surface area contributed by atoms with Crippen molar-refractivity contribution < 1.29 is 19.1 Å². The van der Waals surface area contributed by atoms with Crippen LogP contribution in [0.4, 0.5) is 5.69 Å². The summed E-state index contributed by atoms with van der Waals surface area (Å²) in [4.78, 5) is 28.5. The summed E-state index contributed by atoms with van der Waals surface area (Å²) in [5.74, 6) is -1.53. The van der Waals surface area contributed by atoms with Gasteiger partial charge in [-0.15, -0.1) is 0 Å². The van der Waals surface area contributed by atoms with Crippen molar-refractivity contribution in [2.45, 2.75) is 11.5 Å². The molecule has 4 rings (SSSR count). The first-order valence-corrected chi connectivity index (χ1v) is 10.9. The molecule has 2 atom stereocenters. The third-order valence-electron chi connectivity index (χ3n) is 5.70. The molecule has 0 amide bonds. The molecule has 32 heavy (non-hydrogen) atoms. The van der Waals surface area contributed by atoms with E-state index in [4.69, 9.17) is 9.47 Å².